The van der Waals surface area contributed by atoms with Gasteiger partial charge >= 0.3 is 0 Å². The summed E-state index contributed by atoms with van der Waals surface area (Å²) < 4.78 is 0. The lowest BCUT2D eigenvalue weighted by Gasteiger charge is -2.13. The molecule has 21 heavy (non-hydrogen) atoms. The van der Waals surface area contributed by atoms with E-state index in [0.717, 1.165) is 48.7 Å². The van der Waals surface area contributed by atoms with Gasteiger partial charge in [-0.2, -0.15) is 5.10 Å². The van der Waals surface area contributed by atoms with Gasteiger partial charge in [0.25, 0.3) is 0 Å². The fraction of sp³-hybridized carbons (Fsp3) is 0.467. The van der Waals surface area contributed by atoms with Crippen LogP contribution in [0.25, 0.3) is 11.4 Å². The third-order valence-corrected chi connectivity index (χ3v) is 3.88. The van der Waals surface area contributed by atoms with E-state index in [9.17, 15) is 4.79 Å². The number of carbonyl (C=O) groups is 1. The first kappa shape index (κ1) is 13.7. The number of hydrogen-bond donors (Lipinski definition) is 1. The normalized spacial score (nSPS) is 18.2. The van der Waals surface area contributed by atoms with Gasteiger partial charge in [-0.25, -0.2) is 4.98 Å². The third-order valence-electron chi connectivity index (χ3n) is 3.88. The minimum Gasteiger partial charge on any atom is -0.343 e. The van der Waals surface area contributed by atoms with Crippen molar-refractivity contribution in [1.29, 1.82) is 0 Å². The molecule has 1 amide bonds. The first-order valence-electron chi connectivity index (χ1n) is 7.20. The van der Waals surface area contributed by atoms with E-state index in [0.29, 0.717) is 5.92 Å². The van der Waals surface area contributed by atoms with Gasteiger partial charge in [0, 0.05) is 31.9 Å². The lowest BCUT2D eigenvalue weighted by atomic mass is 10.0. The van der Waals surface area contributed by atoms with Crippen LogP contribution >= 0.6 is 0 Å². The zero-order valence-electron chi connectivity index (χ0n) is 12.3. The Morgan fingerprint density at radius 2 is 2.29 bits per heavy atom. The second-order valence-electron chi connectivity index (χ2n) is 5.66. The molecule has 2 aromatic heterocycles. The van der Waals surface area contributed by atoms with Crippen LogP contribution in [0.1, 0.15) is 24.7 Å². The van der Waals surface area contributed by atoms with Crippen molar-refractivity contribution in [1.82, 2.24) is 25.1 Å². The van der Waals surface area contributed by atoms with Crippen molar-refractivity contribution in [3.63, 3.8) is 0 Å². The second-order valence-corrected chi connectivity index (χ2v) is 5.66. The monoisotopic (exact) mass is 285 g/mol. The smallest absolute Gasteiger partial charge is 0.219 e. The van der Waals surface area contributed by atoms with Crippen LogP contribution in [0.15, 0.2) is 18.5 Å². The van der Waals surface area contributed by atoms with Crippen molar-refractivity contribution in [2.75, 3.05) is 13.1 Å². The zero-order chi connectivity index (χ0) is 14.8. The third kappa shape index (κ3) is 3.09. The van der Waals surface area contributed by atoms with Crippen molar-refractivity contribution in [2.45, 2.75) is 26.7 Å². The SMILES string of the molecule is CC(=O)N1CC[C@H](Cc2cncc(-c3cc(C)[nH]n3)n2)C1. The van der Waals surface area contributed by atoms with Crippen LogP contribution in [0.4, 0.5) is 0 Å². The van der Waals surface area contributed by atoms with E-state index in [-0.39, 0.29) is 5.91 Å². The van der Waals surface area contributed by atoms with Gasteiger partial charge < -0.3 is 4.90 Å². The predicted molar refractivity (Wildman–Crippen MR) is 78.4 cm³/mol. The number of carbonyl (C=O) groups excluding carboxylic acids is 1. The van der Waals surface area contributed by atoms with Crippen molar-refractivity contribution in [3.05, 3.63) is 29.8 Å². The summed E-state index contributed by atoms with van der Waals surface area (Å²) in [7, 11) is 0. The van der Waals surface area contributed by atoms with Gasteiger partial charge in [0.05, 0.1) is 11.9 Å². The minimum absolute atomic E-state index is 0.157. The quantitative estimate of drug-likeness (QED) is 0.929. The maximum atomic E-state index is 11.4. The fourth-order valence-electron chi connectivity index (χ4n) is 2.76. The van der Waals surface area contributed by atoms with Crippen LogP contribution in [0.5, 0.6) is 0 Å². The molecule has 1 N–H and O–H groups in total. The summed E-state index contributed by atoms with van der Waals surface area (Å²) in [5.41, 5.74) is 3.57. The highest BCUT2D eigenvalue weighted by Crippen LogP contribution is 2.21. The summed E-state index contributed by atoms with van der Waals surface area (Å²) in [5, 5.41) is 7.13. The number of hydrogen-bond acceptors (Lipinski definition) is 4. The molecule has 1 atom stereocenters. The number of nitrogens with zero attached hydrogens (tertiary/aromatic N) is 4. The summed E-state index contributed by atoms with van der Waals surface area (Å²) in [6.45, 7) is 5.26. The topological polar surface area (TPSA) is 74.8 Å². The molecule has 0 unspecified atom stereocenters. The van der Waals surface area contributed by atoms with E-state index in [1.807, 2.05) is 17.9 Å². The van der Waals surface area contributed by atoms with E-state index in [1.54, 1.807) is 19.3 Å². The molecule has 0 aromatic carbocycles. The summed E-state index contributed by atoms with van der Waals surface area (Å²) in [5.74, 6) is 0.628. The molecule has 0 bridgehead atoms. The Kier molecular flexibility index (Phi) is 3.68. The maximum absolute atomic E-state index is 11.4. The van der Waals surface area contributed by atoms with E-state index in [4.69, 9.17) is 0 Å². The number of nitrogens with one attached hydrogen (secondary N) is 1. The number of aryl methyl sites for hydroxylation is 1. The van der Waals surface area contributed by atoms with Crippen LogP contribution < -0.4 is 0 Å². The first-order chi connectivity index (χ1) is 10.1. The maximum Gasteiger partial charge on any atom is 0.219 e. The minimum atomic E-state index is 0.157. The van der Waals surface area contributed by atoms with Gasteiger partial charge in [-0.05, 0) is 31.7 Å². The van der Waals surface area contributed by atoms with E-state index in [1.165, 1.54) is 0 Å². The molecule has 3 rings (SSSR count). The Morgan fingerprint density at radius 3 is 2.95 bits per heavy atom. The zero-order valence-corrected chi connectivity index (χ0v) is 12.3. The lowest BCUT2D eigenvalue weighted by Crippen LogP contribution is -2.26. The summed E-state index contributed by atoms with van der Waals surface area (Å²) in [6, 6.07) is 1.96. The van der Waals surface area contributed by atoms with Crippen molar-refractivity contribution >= 4 is 5.91 Å². The summed E-state index contributed by atoms with van der Waals surface area (Å²) in [6.07, 6.45) is 5.43. The number of aromatic amines is 1. The fourth-order valence-corrected chi connectivity index (χ4v) is 2.76. The van der Waals surface area contributed by atoms with Crippen LogP contribution in [-0.4, -0.2) is 44.1 Å². The van der Waals surface area contributed by atoms with Gasteiger partial charge in [0.1, 0.15) is 11.4 Å². The van der Waals surface area contributed by atoms with E-state index < -0.39 is 0 Å². The highest BCUT2D eigenvalue weighted by Gasteiger charge is 2.24. The van der Waals surface area contributed by atoms with Crippen LogP contribution in [0.3, 0.4) is 0 Å². The van der Waals surface area contributed by atoms with E-state index in [2.05, 4.69) is 20.2 Å². The number of likely N-dealkylation sites (tertiary alicyclic amines) is 1. The average Bonchev–Trinajstić information content (AvgIpc) is 3.08. The standard InChI is InChI=1S/C15H19N5O/c1-10-5-14(19-18-10)15-8-16-7-13(17-15)6-12-3-4-20(9-12)11(2)21/h5,7-8,12H,3-4,6,9H2,1-2H3,(H,18,19)/t12-/m1/s1. The van der Waals surface area contributed by atoms with Crippen molar-refractivity contribution < 1.29 is 4.79 Å². The van der Waals surface area contributed by atoms with Crippen LogP contribution in [0, 0.1) is 12.8 Å². The highest BCUT2D eigenvalue weighted by molar-refractivity contribution is 5.73. The Hall–Kier alpha value is -2.24. The first-order valence-corrected chi connectivity index (χ1v) is 7.20. The Morgan fingerprint density at radius 1 is 1.43 bits per heavy atom. The Labute approximate surface area is 123 Å². The molecule has 0 radical (unpaired) electrons. The molecule has 0 aliphatic carbocycles. The molecule has 1 aliphatic rings. The molecular formula is C15H19N5O. The second kappa shape index (κ2) is 5.63. The van der Waals surface area contributed by atoms with Crippen LogP contribution in [0.2, 0.25) is 0 Å². The van der Waals surface area contributed by atoms with E-state index >= 15 is 0 Å². The molecule has 1 aliphatic heterocycles. The number of H-pyrrole nitrogens is 1. The largest absolute Gasteiger partial charge is 0.343 e. The highest BCUT2D eigenvalue weighted by atomic mass is 16.2. The predicted octanol–water partition coefficient (Wildman–Crippen LogP) is 1.59. The van der Waals surface area contributed by atoms with Gasteiger partial charge in [0.2, 0.25) is 5.91 Å². The number of amides is 1. The summed E-state index contributed by atoms with van der Waals surface area (Å²) in [4.78, 5) is 22.2. The molecule has 0 spiro atoms. The number of rotatable bonds is 3. The van der Waals surface area contributed by atoms with Crippen molar-refractivity contribution in [3.8, 4) is 11.4 Å². The number of aromatic nitrogens is 4. The Balaban J connectivity index is 1.71. The molecule has 6 heteroatoms. The molecule has 2 aromatic rings. The lowest BCUT2D eigenvalue weighted by molar-refractivity contribution is -0.127. The Bertz CT molecular complexity index is 651. The molecule has 0 saturated carbocycles. The molecule has 1 fully saturated rings. The van der Waals surface area contributed by atoms with Gasteiger partial charge in [0.15, 0.2) is 0 Å². The van der Waals surface area contributed by atoms with Gasteiger partial charge in [-0.15, -0.1) is 0 Å². The van der Waals surface area contributed by atoms with Gasteiger partial charge in [-0.3, -0.25) is 14.9 Å². The van der Waals surface area contributed by atoms with Crippen molar-refractivity contribution in [2.24, 2.45) is 5.92 Å². The summed E-state index contributed by atoms with van der Waals surface area (Å²) >= 11 is 0. The molecule has 6 nitrogen and oxygen atoms in total. The average molecular weight is 285 g/mol. The molecular weight excluding hydrogens is 266 g/mol. The molecule has 110 valence electrons. The van der Waals surface area contributed by atoms with Gasteiger partial charge in [-0.1, -0.05) is 0 Å². The molecule has 1 saturated heterocycles. The molecule has 3 heterocycles. The van der Waals surface area contributed by atoms with Crippen LogP contribution in [-0.2, 0) is 11.2 Å².